The molecule has 0 aromatic carbocycles. The van der Waals surface area contributed by atoms with Gasteiger partial charge in [-0.05, 0) is 78.0 Å². The van der Waals surface area contributed by atoms with Gasteiger partial charge < -0.3 is 42.5 Å². The Labute approximate surface area is 173 Å². The van der Waals surface area contributed by atoms with E-state index in [9.17, 15) is 0 Å². The Morgan fingerprint density at radius 1 is 0.357 bits per heavy atom. The van der Waals surface area contributed by atoms with Gasteiger partial charge in [0.15, 0.2) is 0 Å². The smallest absolute Gasteiger partial charge is 0.0110 e. The lowest BCUT2D eigenvalue weighted by atomic mass is 10.2. The molecule has 0 aromatic rings. The fraction of sp³-hybridized carbons (Fsp3) is 1.00. The molecule has 2 rings (SSSR count). The van der Waals surface area contributed by atoms with Crippen LogP contribution in [0.5, 0.6) is 0 Å². The predicted molar refractivity (Wildman–Crippen MR) is 120 cm³/mol. The van der Waals surface area contributed by atoms with Crippen molar-refractivity contribution in [2.24, 2.45) is 22.9 Å². The summed E-state index contributed by atoms with van der Waals surface area (Å²) in [6, 6.07) is 0. The lowest BCUT2D eigenvalue weighted by molar-refractivity contribution is 0.131. The van der Waals surface area contributed by atoms with E-state index in [-0.39, 0.29) is 0 Å². The summed E-state index contributed by atoms with van der Waals surface area (Å²) in [5, 5.41) is 0. The third kappa shape index (κ3) is 12.3. The van der Waals surface area contributed by atoms with E-state index in [2.05, 4.69) is 19.6 Å². The highest BCUT2D eigenvalue weighted by Crippen LogP contribution is 2.03. The van der Waals surface area contributed by atoms with Crippen molar-refractivity contribution in [1.29, 1.82) is 0 Å². The average molecular weight is 401 g/mol. The second-order valence-electron chi connectivity index (χ2n) is 7.94. The third-order valence-corrected chi connectivity index (χ3v) is 5.64. The zero-order chi connectivity index (χ0) is 20.5. The molecule has 0 saturated carbocycles. The van der Waals surface area contributed by atoms with Crippen LogP contribution in [0.15, 0.2) is 0 Å². The van der Waals surface area contributed by atoms with Gasteiger partial charge in [0.1, 0.15) is 0 Å². The molecule has 0 aromatic heterocycles. The average Bonchev–Trinajstić information content (AvgIpc) is 2.75. The molecule has 2 aliphatic heterocycles. The molecule has 2 aliphatic rings. The highest BCUT2D eigenvalue weighted by molar-refractivity contribution is 4.72. The molecule has 0 aliphatic carbocycles. The first kappa shape index (κ1) is 25.7. The van der Waals surface area contributed by atoms with Crippen LogP contribution in [0.3, 0.4) is 0 Å². The van der Waals surface area contributed by atoms with Gasteiger partial charge in [-0.15, -0.1) is 0 Å². The normalized spacial score (nSPS) is 20.1. The minimum absolute atomic E-state index is 0.813. The molecule has 0 spiro atoms. The van der Waals surface area contributed by atoms with Crippen molar-refractivity contribution < 1.29 is 0 Å². The summed E-state index contributed by atoms with van der Waals surface area (Å²) in [6.45, 7) is 17.5. The maximum atomic E-state index is 5.49. The van der Waals surface area contributed by atoms with E-state index in [0.29, 0.717) is 0 Å². The van der Waals surface area contributed by atoms with Gasteiger partial charge >= 0.3 is 0 Å². The van der Waals surface area contributed by atoms with Crippen LogP contribution in [0.2, 0.25) is 0 Å². The SMILES string of the molecule is NCCCN1CCN(CCCN)CC1.NCCCN1CCN(CCCN)CC1. The molecule has 2 heterocycles. The summed E-state index contributed by atoms with van der Waals surface area (Å²) in [4.78, 5) is 10.0. The number of nitrogens with two attached hydrogens (primary N) is 4. The number of hydrogen-bond donors (Lipinski definition) is 4. The molecule has 0 amide bonds. The Balaban J connectivity index is 0.000000280. The Kier molecular flexibility index (Phi) is 16.1. The van der Waals surface area contributed by atoms with E-state index in [0.717, 1.165) is 51.9 Å². The molecular formula is C20H48N8. The van der Waals surface area contributed by atoms with Crippen molar-refractivity contribution in [1.82, 2.24) is 19.6 Å². The van der Waals surface area contributed by atoms with Crippen LogP contribution in [0.1, 0.15) is 25.7 Å². The highest BCUT2D eigenvalue weighted by atomic mass is 15.3. The lowest BCUT2D eigenvalue weighted by Crippen LogP contribution is -2.47. The zero-order valence-electron chi connectivity index (χ0n) is 18.2. The summed E-state index contributed by atoms with van der Waals surface area (Å²) >= 11 is 0. The summed E-state index contributed by atoms with van der Waals surface area (Å²) < 4.78 is 0. The molecule has 0 unspecified atom stereocenters. The number of piperazine rings is 2. The van der Waals surface area contributed by atoms with Crippen LogP contribution in [0, 0.1) is 0 Å². The van der Waals surface area contributed by atoms with Crippen LogP contribution < -0.4 is 22.9 Å². The van der Waals surface area contributed by atoms with Crippen LogP contribution in [0.4, 0.5) is 0 Å². The van der Waals surface area contributed by atoms with Gasteiger partial charge in [0.25, 0.3) is 0 Å². The molecule has 8 N–H and O–H groups in total. The number of rotatable bonds is 12. The van der Waals surface area contributed by atoms with Gasteiger partial charge in [-0.3, -0.25) is 0 Å². The molecule has 28 heavy (non-hydrogen) atoms. The highest BCUT2D eigenvalue weighted by Gasteiger charge is 2.16. The molecule has 8 heteroatoms. The molecule has 2 fully saturated rings. The van der Waals surface area contributed by atoms with E-state index in [4.69, 9.17) is 22.9 Å². The van der Waals surface area contributed by atoms with E-state index in [1.807, 2.05) is 0 Å². The van der Waals surface area contributed by atoms with Crippen molar-refractivity contribution in [2.75, 3.05) is 105 Å². The Morgan fingerprint density at radius 3 is 0.679 bits per heavy atom. The second-order valence-corrected chi connectivity index (χ2v) is 7.94. The summed E-state index contributed by atoms with van der Waals surface area (Å²) in [6.07, 6.45) is 4.51. The lowest BCUT2D eigenvalue weighted by Gasteiger charge is -2.34. The van der Waals surface area contributed by atoms with E-state index in [1.165, 1.54) is 78.5 Å². The van der Waals surface area contributed by atoms with Crippen LogP contribution in [0.25, 0.3) is 0 Å². The largest absolute Gasteiger partial charge is 0.330 e. The van der Waals surface area contributed by atoms with Crippen molar-refractivity contribution in [3.05, 3.63) is 0 Å². The summed E-state index contributed by atoms with van der Waals surface area (Å²) in [5.41, 5.74) is 22.0. The predicted octanol–water partition coefficient (Wildman–Crippen LogP) is -1.40. The Morgan fingerprint density at radius 2 is 0.536 bits per heavy atom. The first-order valence-corrected chi connectivity index (χ1v) is 11.4. The van der Waals surface area contributed by atoms with E-state index in [1.54, 1.807) is 0 Å². The van der Waals surface area contributed by atoms with Gasteiger partial charge in [-0.2, -0.15) is 0 Å². The van der Waals surface area contributed by atoms with Gasteiger partial charge in [0, 0.05) is 52.4 Å². The fourth-order valence-corrected chi connectivity index (χ4v) is 3.73. The van der Waals surface area contributed by atoms with Crippen molar-refractivity contribution in [3.63, 3.8) is 0 Å². The van der Waals surface area contributed by atoms with Gasteiger partial charge in [-0.1, -0.05) is 0 Å². The molecule has 2 saturated heterocycles. The monoisotopic (exact) mass is 400 g/mol. The maximum absolute atomic E-state index is 5.49. The molecule has 0 atom stereocenters. The Hall–Kier alpha value is -0.320. The Bertz CT molecular complexity index is 264. The van der Waals surface area contributed by atoms with Gasteiger partial charge in [0.05, 0.1) is 0 Å². The summed E-state index contributed by atoms with van der Waals surface area (Å²) in [5.74, 6) is 0. The standard InChI is InChI=1S/2C10H24N4/c2*11-3-1-5-13-7-9-14(10-8-13)6-2-4-12/h2*1-12H2. The zero-order valence-corrected chi connectivity index (χ0v) is 18.2. The molecule has 0 radical (unpaired) electrons. The van der Waals surface area contributed by atoms with Crippen molar-refractivity contribution >= 4 is 0 Å². The minimum atomic E-state index is 0.813. The minimum Gasteiger partial charge on any atom is -0.330 e. The topological polar surface area (TPSA) is 117 Å². The van der Waals surface area contributed by atoms with E-state index < -0.39 is 0 Å². The quantitative estimate of drug-likeness (QED) is 0.316. The van der Waals surface area contributed by atoms with Crippen LogP contribution >= 0.6 is 0 Å². The molecule has 8 nitrogen and oxygen atoms in total. The van der Waals surface area contributed by atoms with Crippen molar-refractivity contribution in [2.45, 2.75) is 25.7 Å². The summed E-state index contributed by atoms with van der Waals surface area (Å²) in [7, 11) is 0. The van der Waals surface area contributed by atoms with Crippen molar-refractivity contribution in [3.8, 4) is 0 Å². The first-order chi connectivity index (χ1) is 13.7. The first-order valence-electron chi connectivity index (χ1n) is 11.4. The third-order valence-electron chi connectivity index (χ3n) is 5.64. The molecule has 0 bridgehead atoms. The van der Waals surface area contributed by atoms with Crippen LogP contribution in [-0.2, 0) is 0 Å². The number of hydrogen-bond acceptors (Lipinski definition) is 8. The second kappa shape index (κ2) is 17.5. The van der Waals surface area contributed by atoms with Gasteiger partial charge in [0.2, 0.25) is 0 Å². The molecular weight excluding hydrogens is 352 g/mol. The number of nitrogens with zero attached hydrogens (tertiary/aromatic N) is 4. The fourth-order valence-electron chi connectivity index (χ4n) is 3.73. The molecule has 168 valence electrons. The van der Waals surface area contributed by atoms with E-state index >= 15 is 0 Å². The maximum Gasteiger partial charge on any atom is 0.0110 e. The van der Waals surface area contributed by atoms with Crippen LogP contribution in [-0.4, -0.2) is 124 Å². The van der Waals surface area contributed by atoms with Gasteiger partial charge in [-0.25, -0.2) is 0 Å².